The van der Waals surface area contributed by atoms with Crippen LogP contribution in [0.4, 0.5) is 11.6 Å². The Morgan fingerprint density at radius 1 is 1.38 bits per heavy atom. The maximum Gasteiger partial charge on any atom is 0.320 e. The third-order valence-electron chi connectivity index (χ3n) is 2.77. The molecule has 0 saturated heterocycles. The van der Waals surface area contributed by atoms with Gasteiger partial charge in [0.25, 0.3) is 0 Å². The lowest BCUT2D eigenvalue weighted by atomic mass is 10.3. The molecule has 0 aliphatic rings. The molecule has 3 aromatic rings. The number of aromatic nitrogens is 3. The van der Waals surface area contributed by atoms with E-state index < -0.39 is 4.92 Å². The van der Waals surface area contributed by atoms with Crippen molar-refractivity contribution in [2.45, 2.75) is 10.1 Å². The van der Waals surface area contributed by atoms with Crippen molar-refractivity contribution in [3.05, 3.63) is 46.6 Å². The number of hydrazine groups is 1. The molecular weight excluding hydrogens is 292 g/mol. The number of para-hydroxylation sites is 1. The average molecular weight is 302 g/mol. The van der Waals surface area contributed by atoms with E-state index in [1.807, 2.05) is 30.3 Å². The maximum atomic E-state index is 11.0. The van der Waals surface area contributed by atoms with Gasteiger partial charge in [-0.15, -0.1) is 0 Å². The van der Waals surface area contributed by atoms with Crippen molar-refractivity contribution in [3.8, 4) is 0 Å². The number of nitro groups is 1. The number of rotatable bonds is 4. The molecule has 0 spiro atoms. The van der Waals surface area contributed by atoms with Gasteiger partial charge in [-0.2, -0.15) is 4.98 Å². The Morgan fingerprint density at radius 3 is 2.90 bits per heavy atom. The zero-order valence-corrected chi connectivity index (χ0v) is 11.4. The van der Waals surface area contributed by atoms with Gasteiger partial charge in [0.1, 0.15) is 6.20 Å². The molecule has 0 saturated carbocycles. The Hall–Kier alpha value is -2.65. The van der Waals surface area contributed by atoms with E-state index in [2.05, 4.69) is 20.4 Å². The van der Waals surface area contributed by atoms with E-state index in [-0.39, 0.29) is 16.7 Å². The number of nitrogens with one attached hydrogen (secondary N) is 2. The number of nitrogen functional groups attached to an aromatic ring is 1. The lowest BCUT2D eigenvalue weighted by Gasteiger charge is -2.02. The van der Waals surface area contributed by atoms with E-state index in [9.17, 15) is 10.1 Å². The molecule has 8 nitrogen and oxygen atoms in total. The lowest BCUT2D eigenvalue weighted by Crippen LogP contribution is -2.11. The van der Waals surface area contributed by atoms with Gasteiger partial charge in [-0.1, -0.05) is 18.2 Å². The predicted molar refractivity (Wildman–Crippen MR) is 78.9 cm³/mol. The number of anilines is 1. The molecule has 0 atom stereocenters. The Kier molecular flexibility index (Phi) is 3.42. The molecule has 0 bridgehead atoms. The van der Waals surface area contributed by atoms with E-state index in [0.717, 1.165) is 33.9 Å². The summed E-state index contributed by atoms with van der Waals surface area (Å²) in [6.45, 7) is 0. The fourth-order valence-corrected chi connectivity index (χ4v) is 2.75. The highest BCUT2D eigenvalue weighted by Crippen LogP contribution is 2.34. The highest BCUT2D eigenvalue weighted by atomic mass is 32.2. The molecule has 2 heterocycles. The van der Waals surface area contributed by atoms with Crippen LogP contribution in [-0.4, -0.2) is 19.9 Å². The average Bonchev–Trinajstić information content (AvgIpc) is 2.89. The number of H-pyrrole nitrogens is 1. The molecule has 0 unspecified atom stereocenters. The second-order valence-corrected chi connectivity index (χ2v) is 5.14. The summed E-state index contributed by atoms with van der Waals surface area (Å²) in [7, 11) is 0. The van der Waals surface area contributed by atoms with Gasteiger partial charge in [0.05, 0.1) is 9.95 Å². The van der Waals surface area contributed by atoms with Gasteiger partial charge in [-0.25, -0.2) is 10.8 Å². The van der Waals surface area contributed by atoms with E-state index in [0.29, 0.717) is 0 Å². The summed E-state index contributed by atoms with van der Waals surface area (Å²) in [5.74, 6) is 5.36. The highest BCUT2D eigenvalue weighted by molar-refractivity contribution is 7.99. The van der Waals surface area contributed by atoms with Crippen molar-refractivity contribution in [2.75, 3.05) is 5.43 Å². The first-order valence-electron chi connectivity index (χ1n) is 5.91. The van der Waals surface area contributed by atoms with Gasteiger partial charge >= 0.3 is 5.69 Å². The van der Waals surface area contributed by atoms with Crippen LogP contribution >= 0.6 is 11.8 Å². The van der Waals surface area contributed by atoms with Crippen LogP contribution in [0.25, 0.3) is 10.9 Å². The van der Waals surface area contributed by atoms with Gasteiger partial charge in [-0.3, -0.25) is 15.5 Å². The van der Waals surface area contributed by atoms with E-state index in [1.54, 1.807) is 0 Å². The quantitative estimate of drug-likeness (QED) is 0.292. The fraction of sp³-hybridized carbons (Fsp3) is 0. The third kappa shape index (κ3) is 2.64. The van der Waals surface area contributed by atoms with E-state index >= 15 is 0 Å². The van der Waals surface area contributed by atoms with Crippen LogP contribution in [0.3, 0.4) is 0 Å². The SMILES string of the molecule is NNc1ncc([N+](=O)[O-])c(Sc2cc3ccccc3[nH]2)n1. The molecule has 0 aliphatic heterocycles. The van der Waals surface area contributed by atoms with E-state index in [1.165, 1.54) is 0 Å². The molecule has 0 amide bonds. The topological polar surface area (TPSA) is 123 Å². The summed E-state index contributed by atoms with van der Waals surface area (Å²) >= 11 is 1.15. The molecule has 21 heavy (non-hydrogen) atoms. The van der Waals surface area contributed by atoms with Gasteiger partial charge in [0.2, 0.25) is 5.95 Å². The van der Waals surface area contributed by atoms with Crippen molar-refractivity contribution in [1.29, 1.82) is 0 Å². The third-order valence-corrected chi connectivity index (χ3v) is 3.71. The number of aromatic amines is 1. The van der Waals surface area contributed by atoms with Crippen LogP contribution in [0.1, 0.15) is 0 Å². The zero-order valence-electron chi connectivity index (χ0n) is 10.6. The molecule has 0 radical (unpaired) electrons. The standard InChI is InChI=1S/C12H10N6O2S/c13-17-12-14-6-9(18(19)20)11(16-12)21-10-5-7-3-1-2-4-8(7)15-10/h1-6,15H,13H2,(H,14,16,17). The molecule has 3 rings (SSSR count). The monoisotopic (exact) mass is 302 g/mol. The minimum Gasteiger partial charge on any atom is -0.349 e. The second kappa shape index (κ2) is 5.38. The molecule has 1 aromatic carbocycles. The van der Waals surface area contributed by atoms with Gasteiger partial charge < -0.3 is 4.98 Å². The Balaban J connectivity index is 2.01. The van der Waals surface area contributed by atoms with Crippen molar-refractivity contribution in [3.63, 3.8) is 0 Å². The molecule has 106 valence electrons. The van der Waals surface area contributed by atoms with Crippen LogP contribution in [-0.2, 0) is 0 Å². The molecule has 0 fully saturated rings. The minimum absolute atomic E-state index is 0.124. The lowest BCUT2D eigenvalue weighted by molar-refractivity contribution is -0.388. The van der Waals surface area contributed by atoms with Crippen molar-refractivity contribution in [1.82, 2.24) is 15.0 Å². The molecule has 0 aliphatic carbocycles. The molecule has 2 aromatic heterocycles. The largest absolute Gasteiger partial charge is 0.349 e. The van der Waals surface area contributed by atoms with E-state index in [4.69, 9.17) is 5.84 Å². The van der Waals surface area contributed by atoms with Gasteiger partial charge in [0, 0.05) is 10.9 Å². The number of hydrogen-bond acceptors (Lipinski definition) is 7. The summed E-state index contributed by atoms with van der Waals surface area (Å²) in [5, 5.41) is 13.0. The van der Waals surface area contributed by atoms with Crippen LogP contribution in [0.2, 0.25) is 0 Å². The van der Waals surface area contributed by atoms with Crippen molar-refractivity contribution in [2.24, 2.45) is 5.84 Å². The summed E-state index contributed by atoms with van der Waals surface area (Å²) in [4.78, 5) is 21.5. The first kappa shape index (κ1) is 13.3. The van der Waals surface area contributed by atoms with Crippen molar-refractivity contribution >= 4 is 34.3 Å². The number of nitrogens with two attached hydrogens (primary N) is 1. The summed E-state index contributed by atoms with van der Waals surface area (Å²) in [5.41, 5.74) is 3.06. The summed E-state index contributed by atoms with van der Waals surface area (Å²) < 4.78 is 0. The minimum atomic E-state index is -0.523. The van der Waals surface area contributed by atoms with Gasteiger partial charge in [-0.05, 0) is 23.9 Å². The number of fused-ring (bicyclic) bond motifs is 1. The van der Waals surface area contributed by atoms with Crippen LogP contribution < -0.4 is 11.3 Å². The molecule has 4 N–H and O–H groups in total. The first-order chi connectivity index (χ1) is 10.2. The summed E-state index contributed by atoms with van der Waals surface area (Å²) in [6, 6.07) is 9.63. The fourth-order valence-electron chi connectivity index (χ4n) is 1.84. The first-order valence-corrected chi connectivity index (χ1v) is 6.72. The Labute approximate surface area is 122 Å². The normalized spacial score (nSPS) is 10.7. The van der Waals surface area contributed by atoms with Gasteiger partial charge in [0.15, 0.2) is 5.03 Å². The molecule has 9 heteroatoms. The van der Waals surface area contributed by atoms with Crippen LogP contribution in [0, 0.1) is 10.1 Å². The Morgan fingerprint density at radius 2 is 2.19 bits per heavy atom. The predicted octanol–water partition coefficient (Wildman–Crippen LogP) is 2.30. The Bertz CT molecular complexity index is 785. The number of nitrogens with zero attached hydrogens (tertiary/aromatic N) is 3. The number of benzene rings is 1. The zero-order chi connectivity index (χ0) is 14.8. The highest BCUT2D eigenvalue weighted by Gasteiger charge is 2.19. The second-order valence-electron chi connectivity index (χ2n) is 4.11. The van der Waals surface area contributed by atoms with Crippen LogP contribution in [0.5, 0.6) is 0 Å². The smallest absolute Gasteiger partial charge is 0.320 e. The van der Waals surface area contributed by atoms with Crippen molar-refractivity contribution < 1.29 is 4.92 Å². The number of hydrogen-bond donors (Lipinski definition) is 3. The molecular formula is C12H10N6O2S. The maximum absolute atomic E-state index is 11.0. The van der Waals surface area contributed by atoms with Crippen LogP contribution in [0.15, 0.2) is 46.6 Å². The summed E-state index contributed by atoms with van der Waals surface area (Å²) in [6.07, 6.45) is 1.13.